The molecule has 3 rings (SSSR count). The van der Waals surface area contributed by atoms with Crippen LogP contribution in [0.15, 0.2) is 58.3 Å². The van der Waals surface area contributed by atoms with Crippen LogP contribution in [-0.4, -0.2) is 34.2 Å². The van der Waals surface area contributed by atoms with Crippen molar-refractivity contribution in [1.82, 2.24) is 9.13 Å². The number of nitrogens with two attached hydrogens (primary N) is 1. The molecule has 0 aliphatic heterocycles. The number of nitrogens with zero attached hydrogens (tertiary/aromatic N) is 2. The fraction of sp³-hybridized carbons (Fsp3) is 0.182. The van der Waals surface area contributed by atoms with Gasteiger partial charge in [-0.3, -0.25) is 18.7 Å². The number of halogens is 2. The van der Waals surface area contributed by atoms with Gasteiger partial charge in [-0.15, -0.1) is 0 Å². The molecule has 0 radical (unpaired) electrons. The second-order valence-electron chi connectivity index (χ2n) is 6.77. The van der Waals surface area contributed by atoms with Gasteiger partial charge in [0.25, 0.3) is 11.5 Å². The number of benzene rings is 2. The van der Waals surface area contributed by atoms with E-state index in [1.807, 2.05) is 0 Å². The van der Waals surface area contributed by atoms with E-state index in [1.165, 1.54) is 24.3 Å². The van der Waals surface area contributed by atoms with Gasteiger partial charge in [-0.25, -0.2) is 9.59 Å². The van der Waals surface area contributed by atoms with Crippen LogP contribution in [0.3, 0.4) is 0 Å². The lowest BCUT2D eigenvalue weighted by Gasteiger charge is -2.14. The predicted octanol–water partition coefficient (Wildman–Crippen LogP) is 2.40. The van der Waals surface area contributed by atoms with Crippen molar-refractivity contribution < 1.29 is 19.1 Å². The minimum absolute atomic E-state index is 0.0451. The number of amides is 1. The number of carbonyl (C=O) groups is 2. The van der Waals surface area contributed by atoms with Crippen molar-refractivity contribution in [3.63, 3.8) is 0 Å². The Labute approximate surface area is 197 Å². The number of hydrogen-bond donors (Lipinski definition) is 1. The van der Waals surface area contributed by atoms with Gasteiger partial charge in [-0.2, -0.15) is 0 Å². The summed E-state index contributed by atoms with van der Waals surface area (Å²) >= 11 is 12.3. The smallest absolute Gasteiger partial charge is 0.345 e. The second kappa shape index (κ2) is 10.4. The van der Waals surface area contributed by atoms with Crippen LogP contribution >= 0.6 is 23.2 Å². The highest BCUT2D eigenvalue weighted by Crippen LogP contribution is 2.25. The summed E-state index contributed by atoms with van der Waals surface area (Å²) in [6.07, 6.45) is 1.12. The lowest BCUT2D eigenvalue weighted by molar-refractivity contribution is -0.119. The van der Waals surface area contributed by atoms with Crippen molar-refractivity contribution in [2.45, 2.75) is 13.5 Å². The first-order chi connectivity index (χ1) is 15.7. The summed E-state index contributed by atoms with van der Waals surface area (Å²) in [6.45, 7) is 1.12. The molecular formula is C22H19Cl2N3O6. The Morgan fingerprint density at radius 3 is 2.39 bits per heavy atom. The number of ether oxygens (including phenoxy) is 2. The summed E-state index contributed by atoms with van der Waals surface area (Å²) in [5.74, 6) is -1.17. The molecule has 0 unspecified atom stereocenters. The summed E-state index contributed by atoms with van der Waals surface area (Å²) in [6, 6.07) is 10.9. The minimum atomic E-state index is -0.872. The van der Waals surface area contributed by atoms with Gasteiger partial charge in [-0.1, -0.05) is 35.3 Å². The quantitative estimate of drug-likeness (QED) is 0.482. The van der Waals surface area contributed by atoms with Gasteiger partial charge in [0.15, 0.2) is 6.61 Å². The normalized spacial score (nSPS) is 10.6. The molecule has 1 heterocycles. The first kappa shape index (κ1) is 24.1. The van der Waals surface area contributed by atoms with Crippen molar-refractivity contribution in [3.8, 4) is 11.4 Å². The molecule has 1 amide bonds. The Hall–Kier alpha value is -3.56. The summed E-state index contributed by atoms with van der Waals surface area (Å²) in [7, 11) is 0. The van der Waals surface area contributed by atoms with Crippen LogP contribution in [0.5, 0.6) is 5.75 Å². The molecule has 2 N–H and O–H groups in total. The summed E-state index contributed by atoms with van der Waals surface area (Å²) in [4.78, 5) is 49.5. The van der Waals surface area contributed by atoms with Crippen molar-refractivity contribution in [1.29, 1.82) is 0 Å². The molecule has 0 aliphatic rings. The van der Waals surface area contributed by atoms with Gasteiger partial charge in [0.2, 0.25) is 0 Å². The Balaban J connectivity index is 2.13. The van der Waals surface area contributed by atoms with Gasteiger partial charge < -0.3 is 15.2 Å². The third-order valence-corrected chi connectivity index (χ3v) is 5.38. The largest absolute Gasteiger partial charge is 0.484 e. The lowest BCUT2D eigenvalue weighted by Crippen LogP contribution is -2.42. The van der Waals surface area contributed by atoms with Crippen LogP contribution in [0.4, 0.5) is 0 Å². The monoisotopic (exact) mass is 491 g/mol. The lowest BCUT2D eigenvalue weighted by atomic mass is 10.2. The van der Waals surface area contributed by atoms with E-state index in [2.05, 4.69) is 0 Å². The highest BCUT2D eigenvalue weighted by Gasteiger charge is 2.20. The molecule has 33 heavy (non-hydrogen) atoms. The molecule has 0 bridgehead atoms. The minimum Gasteiger partial charge on any atom is -0.484 e. The molecule has 11 heteroatoms. The summed E-state index contributed by atoms with van der Waals surface area (Å²) in [5, 5.41) is 0.449. The molecule has 3 aromatic rings. The van der Waals surface area contributed by atoms with Crippen molar-refractivity contribution in [2.24, 2.45) is 5.73 Å². The van der Waals surface area contributed by atoms with Crippen LogP contribution in [0.2, 0.25) is 10.0 Å². The molecule has 1 aromatic heterocycles. The van der Waals surface area contributed by atoms with Crippen LogP contribution in [0.1, 0.15) is 22.8 Å². The first-order valence-electron chi connectivity index (χ1n) is 9.71. The van der Waals surface area contributed by atoms with E-state index in [0.29, 0.717) is 17.0 Å². The number of hydrogen-bond acceptors (Lipinski definition) is 6. The molecule has 0 fully saturated rings. The Morgan fingerprint density at radius 1 is 1.06 bits per heavy atom. The van der Waals surface area contributed by atoms with Gasteiger partial charge in [-0.05, 0) is 42.8 Å². The third-order valence-electron chi connectivity index (χ3n) is 4.52. The van der Waals surface area contributed by atoms with Gasteiger partial charge >= 0.3 is 11.7 Å². The molecule has 0 saturated heterocycles. The predicted molar refractivity (Wildman–Crippen MR) is 123 cm³/mol. The molecule has 0 spiro atoms. The van der Waals surface area contributed by atoms with Gasteiger partial charge in [0.1, 0.15) is 11.3 Å². The average Bonchev–Trinajstić information content (AvgIpc) is 2.78. The maximum Gasteiger partial charge on any atom is 0.345 e. The molecule has 9 nitrogen and oxygen atoms in total. The summed E-state index contributed by atoms with van der Waals surface area (Å²) < 4.78 is 12.2. The van der Waals surface area contributed by atoms with E-state index >= 15 is 0 Å². The van der Waals surface area contributed by atoms with Crippen molar-refractivity contribution >= 4 is 35.1 Å². The molecule has 0 aliphatic carbocycles. The molecule has 172 valence electrons. The van der Waals surface area contributed by atoms with E-state index in [-0.39, 0.29) is 35.4 Å². The Bertz CT molecular complexity index is 1320. The number of primary amides is 1. The van der Waals surface area contributed by atoms with Gasteiger partial charge in [0, 0.05) is 6.20 Å². The van der Waals surface area contributed by atoms with E-state index in [4.69, 9.17) is 38.4 Å². The van der Waals surface area contributed by atoms with E-state index < -0.39 is 23.1 Å². The average molecular weight is 492 g/mol. The second-order valence-corrected chi connectivity index (χ2v) is 7.55. The molecule has 0 saturated carbocycles. The molecule has 2 aromatic carbocycles. The highest BCUT2D eigenvalue weighted by atomic mass is 35.5. The SMILES string of the molecule is CCOC(=O)c1cn(-c2ccc(OCC(N)=O)cc2)c(=O)n(Cc2cccc(Cl)c2Cl)c1=O. The van der Waals surface area contributed by atoms with E-state index in [0.717, 1.165) is 15.3 Å². The van der Waals surface area contributed by atoms with Crippen LogP contribution in [0.25, 0.3) is 5.69 Å². The van der Waals surface area contributed by atoms with Crippen LogP contribution in [0, 0.1) is 0 Å². The maximum absolute atomic E-state index is 13.2. The number of aromatic nitrogens is 2. The fourth-order valence-corrected chi connectivity index (χ4v) is 3.35. The molecular weight excluding hydrogens is 473 g/mol. The highest BCUT2D eigenvalue weighted by molar-refractivity contribution is 6.42. The summed E-state index contributed by atoms with van der Waals surface area (Å²) in [5.41, 5.74) is 3.95. The maximum atomic E-state index is 13.2. The Kier molecular flexibility index (Phi) is 7.57. The third kappa shape index (κ3) is 5.44. The fourth-order valence-electron chi connectivity index (χ4n) is 2.97. The van der Waals surface area contributed by atoms with Crippen LogP contribution in [-0.2, 0) is 16.1 Å². The molecule has 0 atom stereocenters. The Morgan fingerprint density at radius 2 is 1.76 bits per heavy atom. The number of esters is 1. The topological polar surface area (TPSA) is 123 Å². The van der Waals surface area contributed by atoms with Crippen molar-refractivity contribution in [3.05, 3.63) is 90.7 Å². The number of carbonyl (C=O) groups excluding carboxylic acids is 2. The van der Waals surface area contributed by atoms with Crippen LogP contribution < -0.4 is 21.7 Å². The standard InChI is InChI=1S/C22H19Cl2N3O6/c1-2-32-21(30)16-11-26(14-6-8-15(9-7-14)33-12-18(25)28)22(31)27(20(16)29)10-13-4-3-5-17(23)19(13)24/h3-9,11H,2,10,12H2,1H3,(H2,25,28). The zero-order valence-corrected chi connectivity index (χ0v) is 18.9. The van der Waals surface area contributed by atoms with E-state index in [1.54, 1.807) is 25.1 Å². The first-order valence-corrected chi connectivity index (χ1v) is 10.5. The zero-order chi connectivity index (χ0) is 24.1. The number of rotatable bonds is 8. The van der Waals surface area contributed by atoms with Crippen molar-refractivity contribution in [2.75, 3.05) is 13.2 Å². The van der Waals surface area contributed by atoms with E-state index in [9.17, 15) is 19.2 Å². The zero-order valence-electron chi connectivity index (χ0n) is 17.4. The van der Waals surface area contributed by atoms with Gasteiger partial charge in [0.05, 0.1) is 28.9 Å².